The third-order valence-corrected chi connectivity index (χ3v) is 2.44. The minimum atomic E-state index is -0.783. The van der Waals surface area contributed by atoms with Gasteiger partial charge in [-0.3, -0.25) is 5.41 Å². The summed E-state index contributed by atoms with van der Waals surface area (Å²) < 4.78 is 8.94. The van der Waals surface area contributed by atoms with Gasteiger partial charge in [-0.25, -0.2) is 14.4 Å². The van der Waals surface area contributed by atoms with E-state index in [0.717, 1.165) is 0 Å². The minimum Gasteiger partial charge on any atom is -0.404 e. The molecule has 0 aliphatic heterocycles. The lowest BCUT2D eigenvalue weighted by Crippen LogP contribution is -1.96. The Hall–Kier alpha value is -2.50. The number of fused-ring (bicyclic) bond motifs is 2. The first kappa shape index (κ1) is 8.78. The summed E-state index contributed by atoms with van der Waals surface area (Å²) in [6, 6.07) is 2.49. The van der Waals surface area contributed by atoms with Gasteiger partial charge < -0.3 is 8.83 Å². The summed E-state index contributed by atoms with van der Waals surface area (Å²) in [6.45, 7) is 0. The molecular weight excluding hydrogens is 214 g/mol. The number of furan rings is 2. The van der Waals surface area contributed by atoms with Crippen molar-refractivity contribution in [3.8, 4) is 0 Å². The lowest BCUT2D eigenvalue weighted by molar-refractivity contribution is 0.478. The SMILES string of the molecule is N=c1oc(=O)c2cc3c(=O)oc(=O)c3cc12. The fourth-order valence-corrected chi connectivity index (χ4v) is 1.69. The fourth-order valence-electron chi connectivity index (χ4n) is 1.69. The van der Waals surface area contributed by atoms with Gasteiger partial charge in [0.1, 0.15) is 0 Å². The zero-order valence-corrected chi connectivity index (χ0v) is 7.70. The zero-order valence-electron chi connectivity index (χ0n) is 7.70. The Bertz CT molecular complexity index is 774. The van der Waals surface area contributed by atoms with Crippen LogP contribution in [0.5, 0.6) is 0 Å². The van der Waals surface area contributed by atoms with Crippen LogP contribution in [0.25, 0.3) is 21.5 Å². The highest BCUT2D eigenvalue weighted by Crippen LogP contribution is 2.13. The third kappa shape index (κ3) is 0.902. The molecule has 3 aromatic rings. The largest absolute Gasteiger partial charge is 0.404 e. The van der Waals surface area contributed by atoms with Gasteiger partial charge in [-0.1, -0.05) is 0 Å². The Morgan fingerprint density at radius 2 is 1.19 bits per heavy atom. The first-order valence-electron chi connectivity index (χ1n) is 4.33. The van der Waals surface area contributed by atoms with Gasteiger partial charge in [0.2, 0.25) is 5.55 Å². The Morgan fingerprint density at radius 1 is 0.750 bits per heavy atom. The first-order valence-corrected chi connectivity index (χ1v) is 4.33. The van der Waals surface area contributed by atoms with Crippen molar-refractivity contribution in [2.24, 2.45) is 0 Å². The van der Waals surface area contributed by atoms with E-state index in [0.29, 0.717) is 0 Å². The fraction of sp³-hybridized carbons (Fsp3) is 0. The summed E-state index contributed by atoms with van der Waals surface area (Å²) in [5.41, 5.74) is -2.58. The predicted octanol–water partition coefficient (Wildman–Crippen LogP) is -0.385. The van der Waals surface area contributed by atoms with Crippen LogP contribution in [-0.2, 0) is 0 Å². The molecule has 0 aliphatic carbocycles. The quantitative estimate of drug-likeness (QED) is 0.552. The minimum absolute atomic E-state index is 0.0374. The van der Waals surface area contributed by atoms with Crippen molar-refractivity contribution in [1.82, 2.24) is 0 Å². The van der Waals surface area contributed by atoms with Crippen LogP contribution in [0.4, 0.5) is 0 Å². The van der Waals surface area contributed by atoms with Gasteiger partial charge in [0.15, 0.2) is 0 Å². The van der Waals surface area contributed by atoms with Crippen LogP contribution in [-0.4, -0.2) is 0 Å². The number of nitrogens with one attached hydrogen (secondary N) is 1. The maximum Gasteiger partial charge on any atom is 0.346 e. The van der Waals surface area contributed by atoms with Gasteiger partial charge >= 0.3 is 16.9 Å². The molecule has 1 N–H and O–H groups in total. The Morgan fingerprint density at radius 3 is 1.81 bits per heavy atom. The van der Waals surface area contributed by atoms with Crippen molar-refractivity contribution in [1.29, 1.82) is 5.41 Å². The van der Waals surface area contributed by atoms with E-state index in [2.05, 4.69) is 8.83 Å². The molecule has 6 nitrogen and oxygen atoms in total. The molecule has 16 heavy (non-hydrogen) atoms. The van der Waals surface area contributed by atoms with Gasteiger partial charge in [0.05, 0.1) is 21.5 Å². The summed E-state index contributed by atoms with van der Waals surface area (Å²) in [4.78, 5) is 33.7. The van der Waals surface area contributed by atoms with Gasteiger partial charge in [0, 0.05) is 0 Å². The zero-order chi connectivity index (χ0) is 11.4. The topological polar surface area (TPSA) is 101 Å². The maximum atomic E-state index is 11.3. The number of benzene rings is 1. The predicted molar refractivity (Wildman–Crippen MR) is 53.0 cm³/mol. The van der Waals surface area contributed by atoms with E-state index in [1.165, 1.54) is 12.1 Å². The van der Waals surface area contributed by atoms with Gasteiger partial charge in [-0.05, 0) is 12.1 Å². The summed E-state index contributed by atoms with van der Waals surface area (Å²) in [5, 5.41) is 7.77. The van der Waals surface area contributed by atoms with E-state index >= 15 is 0 Å². The molecule has 0 unspecified atom stereocenters. The summed E-state index contributed by atoms with van der Waals surface area (Å²) >= 11 is 0. The second kappa shape index (κ2) is 2.54. The van der Waals surface area contributed by atoms with Crippen molar-refractivity contribution < 1.29 is 8.83 Å². The van der Waals surface area contributed by atoms with Crippen LogP contribution < -0.4 is 22.4 Å². The molecule has 0 radical (unpaired) electrons. The normalized spacial score (nSPS) is 11.5. The molecule has 78 valence electrons. The number of hydrogen-bond acceptors (Lipinski definition) is 6. The van der Waals surface area contributed by atoms with Crippen molar-refractivity contribution in [3.63, 3.8) is 0 Å². The van der Waals surface area contributed by atoms with E-state index in [1.54, 1.807) is 0 Å². The maximum absolute atomic E-state index is 11.3. The van der Waals surface area contributed by atoms with E-state index < -0.39 is 16.9 Å². The molecule has 0 spiro atoms. The van der Waals surface area contributed by atoms with Crippen LogP contribution in [0.1, 0.15) is 0 Å². The lowest BCUT2D eigenvalue weighted by atomic mass is 10.1. The molecule has 2 heterocycles. The van der Waals surface area contributed by atoms with Crippen molar-refractivity contribution in [3.05, 3.63) is 48.9 Å². The van der Waals surface area contributed by atoms with E-state index in [-0.39, 0.29) is 27.1 Å². The van der Waals surface area contributed by atoms with Crippen LogP contribution in [0.3, 0.4) is 0 Å². The summed E-state index contributed by atoms with van der Waals surface area (Å²) in [5.74, 6) is 0. The average molecular weight is 217 g/mol. The van der Waals surface area contributed by atoms with E-state index in [1.807, 2.05) is 0 Å². The van der Waals surface area contributed by atoms with E-state index in [9.17, 15) is 14.4 Å². The molecule has 0 aliphatic rings. The molecule has 0 saturated heterocycles. The van der Waals surface area contributed by atoms with Crippen LogP contribution in [0, 0.1) is 5.41 Å². The Labute approximate surface area is 85.6 Å². The van der Waals surface area contributed by atoms with Crippen LogP contribution in [0.2, 0.25) is 0 Å². The number of hydrogen-bond donors (Lipinski definition) is 1. The smallest absolute Gasteiger partial charge is 0.346 e. The van der Waals surface area contributed by atoms with Crippen LogP contribution >= 0.6 is 0 Å². The van der Waals surface area contributed by atoms with Gasteiger partial charge in [0.25, 0.3) is 0 Å². The van der Waals surface area contributed by atoms with E-state index in [4.69, 9.17) is 5.41 Å². The highest BCUT2D eigenvalue weighted by atomic mass is 16.4. The highest BCUT2D eigenvalue weighted by Gasteiger charge is 2.14. The average Bonchev–Trinajstić information content (AvgIpc) is 2.67. The van der Waals surface area contributed by atoms with Gasteiger partial charge in [-0.15, -0.1) is 0 Å². The highest BCUT2D eigenvalue weighted by molar-refractivity contribution is 5.96. The molecule has 6 heteroatoms. The van der Waals surface area contributed by atoms with Crippen molar-refractivity contribution in [2.45, 2.75) is 0 Å². The number of rotatable bonds is 0. The van der Waals surface area contributed by atoms with Crippen molar-refractivity contribution >= 4 is 21.5 Å². The Kier molecular flexibility index (Phi) is 1.40. The molecule has 1 aromatic carbocycles. The molecule has 0 atom stereocenters. The first-order chi connectivity index (χ1) is 7.58. The third-order valence-electron chi connectivity index (χ3n) is 2.44. The lowest BCUT2D eigenvalue weighted by Gasteiger charge is -1.84. The van der Waals surface area contributed by atoms with Crippen LogP contribution in [0.15, 0.2) is 35.4 Å². The molecule has 3 rings (SSSR count). The second-order valence-corrected chi connectivity index (χ2v) is 3.34. The molecule has 0 amide bonds. The summed E-state index contributed by atoms with van der Waals surface area (Å²) in [6.07, 6.45) is 0. The van der Waals surface area contributed by atoms with Crippen molar-refractivity contribution in [2.75, 3.05) is 0 Å². The summed E-state index contributed by atoms with van der Waals surface area (Å²) in [7, 11) is 0. The molecular formula is C10H3NO5. The standard InChI is InChI=1S/C10H3NO5/c11-7-3-1-5-6(10(14)16-9(5)13)2-4(3)8(12)15-7/h1-2,11H. The molecule has 0 bridgehead atoms. The molecule has 0 fully saturated rings. The van der Waals surface area contributed by atoms with Gasteiger partial charge in [-0.2, -0.15) is 0 Å². The monoisotopic (exact) mass is 217 g/mol. The molecule has 0 saturated carbocycles. The Balaban J connectivity index is 2.80. The second-order valence-electron chi connectivity index (χ2n) is 3.34. The molecule has 2 aromatic heterocycles.